The maximum atomic E-state index is 10.5. The second-order valence-electron chi connectivity index (χ2n) is 5.63. The van der Waals surface area contributed by atoms with Crippen molar-refractivity contribution in [2.45, 2.75) is 50.7 Å². The van der Waals surface area contributed by atoms with Gasteiger partial charge in [-0.1, -0.05) is 6.92 Å². The molecule has 0 amide bonds. The van der Waals surface area contributed by atoms with E-state index in [1.54, 1.807) is 13.3 Å². The number of imidazole rings is 1. The van der Waals surface area contributed by atoms with Crippen molar-refractivity contribution in [2.24, 2.45) is 13.0 Å². The highest BCUT2D eigenvalue weighted by molar-refractivity contribution is 5.00. The molecule has 1 aliphatic rings. The third-order valence-corrected chi connectivity index (χ3v) is 4.43. The van der Waals surface area contributed by atoms with Gasteiger partial charge in [0, 0.05) is 33.0 Å². The van der Waals surface area contributed by atoms with Gasteiger partial charge >= 0.3 is 0 Å². The predicted molar refractivity (Wildman–Crippen MR) is 70.3 cm³/mol. The summed E-state index contributed by atoms with van der Waals surface area (Å²) in [4.78, 5) is 4.28. The fraction of sp³-hybridized carbons (Fsp3) is 0.786. The van der Waals surface area contributed by atoms with Crippen LogP contribution in [-0.4, -0.2) is 33.5 Å². The molecular weight excluding hydrogens is 228 g/mol. The highest BCUT2D eigenvalue weighted by Crippen LogP contribution is 2.37. The van der Waals surface area contributed by atoms with Gasteiger partial charge in [0.15, 0.2) is 0 Å². The Hall–Kier alpha value is -0.870. The van der Waals surface area contributed by atoms with Gasteiger partial charge in [0.05, 0.1) is 11.7 Å². The summed E-state index contributed by atoms with van der Waals surface area (Å²) in [7, 11) is 3.68. The van der Waals surface area contributed by atoms with E-state index in [1.807, 2.05) is 17.8 Å². The van der Waals surface area contributed by atoms with E-state index in [-0.39, 0.29) is 5.60 Å². The van der Waals surface area contributed by atoms with Crippen molar-refractivity contribution in [1.29, 1.82) is 0 Å². The molecule has 1 aliphatic carbocycles. The zero-order valence-electron chi connectivity index (χ0n) is 11.6. The lowest BCUT2D eigenvalue weighted by atomic mass is 9.75. The minimum absolute atomic E-state index is 0.377. The summed E-state index contributed by atoms with van der Waals surface area (Å²) >= 11 is 0. The average molecular weight is 252 g/mol. The largest absolute Gasteiger partial charge is 0.390 e. The fourth-order valence-corrected chi connectivity index (χ4v) is 2.88. The predicted octanol–water partition coefficient (Wildman–Crippen LogP) is 1.92. The van der Waals surface area contributed by atoms with Crippen LogP contribution in [0.2, 0.25) is 0 Å². The third-order valence-electron chi connectivity index (χ3n) is 4.43. The first-order valence-electron chi connectivity index (χ1n) is 6.77. The monoisotopic (exact) mass is 252 g/mol. The van der Waals surface area contributed by atoms with Crippen LogP contribution in [0.25, 0.3) is 0 Å². The van der Waals surface area contributed by atoms with Crippen LogP contribution in [-0.2, 0) is 18.2 Å². The van der Waals surface area contributed by atoms with Crippen molar-refractivity contribution in [3.63, 3.8) is 0 Å². The molecule has 1 aromatic heterocycles. The van der Waals surface area contributed by atoms with Crippen LogP contribution in [0.3, 0.4) is 0 Å². The molecule has 0 bridgehead atoms. The zero-order chi connectivity index (χ0) is 13.2. The quantitative estimate of drug-likeness (QED) is 0.890. The number of aliphatic hydroxyl groups excluding tert-OH is 1. The molecule has 18 heavy (non-hydrogen) atoms. The van der Waals surface area contributed by atoms with Crippen molar-refractivity contribution in [2.75, 3.05) is 7.11 Å². The van der Waals surface area contributed by atoms with Gasteiger partial charge in [-0.3, -0.25) is 0 Å². The maximum Gasteiger partial charge on any atom is 0.111 e. The van der Waals surface area contributed by atoms with Crippen LogP contribution in [0.15, 0.2) is 12.4 Å². The number of rotatable bonds is 4. The second-order valence-corrected chi connectivity index (χ2v) is 5.63. The number of aromatic nitrogens is 2. The van der Waals surface area contributed by atoms with Crippen LogP contribution in [0.4, 0.5) is 0 Å². The van der Waals surface area contributed by atoms with Gasteiger partial charge in [-0.05, 0) is 31.6 Å². The molecule has 0 saturated heterocycles. The van der Waals surface area contributed by atoms with Crippen molar-refractivity contribution in [1.82, 2.24) is 9.55 Å². The van der Waals surface area contributed by atoms with Crippen LogP contribution < -0.4 is 0 Å². The molecule has 1 fully saturated rings. The Morgan fingerprint density at radius 2 is 2.22 bits per heavy atom. The van der Waals surface area contributed by atoms with Crippen LogP contribution in [0.1, 0.15) is 38.4 Å². The number of aryl methyl sites for hydroxylation is 1. The lowest BCUT2D eigenvalue weighted by Crippen LogP contribution is -2.48. The second kappa shape index (κ2) is 5.41. The first-order chi connectivity index (χ1) is 8.57. The molecule has 0 aliphatic heterocycles. The summed E-state index contributed by atoms with van der Waals surface area (Å²) in [5.74, 6) is 1.66. The van der Waals surface area contributed by atoms with Crippen molar-refractivity contribution in [3.05, 3.63) is 18.2 Å². The summed E-state index contributed by atoms with van der Waals surface area (Å²) in [6.07, 6.45) is 7.90. The number of nitrogens with zero attached hydrogens (tertiary/aromatic N) is 2. The Labute approximate surface area is 109 Å². The maximum absolute atomic E-state index is 10.5. The van der Waals surface area contributed by atoms with E-state index < -0.39 is 6.10 Å². The number of methoxy groups -OCH3 is 1. The number of hydrogen-bond donors (Lipinski definition) is 1. The highest BCUT2D eigenvalue weighted by atomic mass is 16.5. The molecule has 0 aromatic carbocycles. The molecule has 4 heteroatoms. The van der Waals surface area contributed by atoms with Crippen LogP contribution in [0.5, 0.6) is 0 Å². The minimum Gasteiger partial charge on any atom is -0.390 e. The molecular formula is C14H24N2O2. The first-order valence-corrected chi connectivity index (χ1v) is 6.77. The molecule has 1 atom stereocenters. The number of ether oxygens (including phenoxy) is 1. The first kappa shape index (κ1) is 13.6. The topological polar surface area (TPSA) is 47.3 Å². The molecule has 0 spiro atoms. The van der Waals surface area contributed by atoms with Gasteiger partial charge in [0.1, 0.15) is 5.82 Å². The van der Waals surface area contributed by atoms with E-state index in [0.29, 0.717) is 6.42 Å². The average Bonchev–Trinajstić information content (AvgIpc) is 2.76. The summed E-state index contributed by atoms with van der Waals surface area (Å²) in [5.41, 5.74) is -0.377. The Kier molecular flexibility index (Phi) is 4.07. The van der Waals surface area contributed by atoms with Crippen LogP contribution in [0, 0.1) is 5.92 Å². The van der Waals surface area contributed by atoms with Crippen molar-refractivity contribution < 1.29 is 9.84 Å². The molecule has 1 aromatic rings. The van der Waals surface area contributed by atoms with Gasteiger partial charge in [-0.2, -0.15) is 0 Å². The fourth-order valence-electron chi connectivity index (χ4n) is 2.88. The SMILES string of the molecule is COC1(C(O)Cc2nccn2C)CCC(C)CC1. The van der Waals surface area contributed by atoms with Gasteiger partial charge in [0.2, 0.25) is 0 Å². The van der Waals surface area contributed by atoms with Crippen molar-refractivity contribution in [3.8, 4) is 0 Å². The molecule has 1 N–H and O–H groups in total. The Morgan fingerprint density at radius 1 is 1.56 bits per heavy atom. The van der Waals surface area contributed by atoms with Crippen molar-refractivity contribution >= 4 is 0 Å². The van der Waals surface area contributed by atoms with Gasteiger partial charge in [-0.15, -0.1) is 0 Å². The van der Waals surface area contributed by atoms with Gasteiger partial charge in [-0.25, -0.2) is 4.98 Å². The van der Waals surface area contributed by atoms with E-state index in [2.05, 4.69) is 11.9 Å². The third kappa shape index (κ3) is 2.59. The standard InChI is InChI=1S/C14H24N2O2/c1-11-4-6-14(18-3,7-5-11)12(17)10-13-15-8-9-16(13)2/h8-9,11-12,17H,4-7,10H2,1-3H3. The van der Waals surface area contributed by atoms with Gasteiger partial charge < -0.3 is 14.4 Å². The molecule has 0 radical (unpaired) electrons. The molecule has 102 valence electrons. The highest BCUT2D eigenvalue weighted by Gasteiger charge is 2.41. The van der Waals surface area contributed by atoms with Crippen LogP contribution >= 0.6 is 0 Å². The molecule has 1 saturated carbocycles. The van der Waals surface area contributed by atoms with Gasteiger partial charge in [0.25, 0.3) is 0 Å². The Bertz CT molecular complexity index is 381. The van der Waals surface area contributed by atoms with E-state index in [1.165, 1.54) is 0 Å². The summed E-state index contributed by atoms with van der Waals surface area (Å²) in [6.45, 7) is 2.27. The van der Waals surface area contributed by atoms with E-state index >= 15 is 0 Å². The minimum atomic E-state index is -0.476. The number of aliphatic hydroxyl groups is 1. The van der Waals surface area contributed by atoms with E-state index in [9.17, 15) is 5.11 Å². The lowest BCUT2D eigenvalue weighted by molar-refractivity contribution is -0.128. The zero-order valence-corrected chi connectivity index (χ0v) is 11.6. The molecule has 1 heterocycles. The number of hydrogen-bond acceptors (Lipinski definition) is 3. The smallest absolute Gasteiger partial charge is 0.111 e. The summed E-state index contributed by atoms with van der Waals surface area (Å²) in [5, 5.41) is 10.5. The molecule has 1 unspecified atom stereocenters. The van der Waals surface area contributed by atoms with E-state index in [4.69, 9.17) is 4.74 Å². The summed E-state index contributed by atoms with van der Waals surface area (Å²) in [6, 6.07) is 0. The Morgan fingerprint density at radius 3 is 2.72 bits per heavy atom. The van der Waals surface area contributed by atoms with E-state index in [0.717, 1.165) is 37.4 Å². The summed E-state index contributed by atoms with van der Waals surface area (Å²) < 4.78 is 7.65. The molecule has 2 rings (SSSR count). The normalized spacial score (nSPS) is 30.3. The lowest BCUT2D eigenvalue weighted by Gasteiger charge is -2.41. The molecule has 4 nitrogen and oxygen atoms in total. The Balaban J connectivity index is 2.06.